The van der Waals surface area contributed by atoms with E-state index >= 15 is 0 Å². The molecule has 1 rings (SSSR count). The standard InChI is InChI=1S/C9H17N3O3S/c1-10-6-8-5-9(7-11-8)16(13,14)12-3-4-15-2/h5,7,10-12H,3-4,6H2,1-2H3. The summed E-state index contributed by atoms with van der Waals surface area (Å²) in [6.07, 6.45) is 1.47. The van der Waals surface area contributed by atoms with Crippen LogP contribution in [0, 0.1) is 0 Å². The molecule has 0 saturated heterocycles. The third kappa shape index (κ3) is 3.60. The Balaban J connectivity index is 2.66. The van der Waals surface area contributed by atoms with E-state index in [1.54, 1.807) is 13.1 Å². The van der Waals surface area contributed by atoms with Gasteiger partial charge in [0.15, 0.2) is 0 Å². The molecule has 7 heteroatoms. The quantitative estimate of drug-likeness (QED) is 0.576. The van der Waals surface area contributed by atoms with Crippen LogP contribution in [0.1, 0.15) is 5.69 Å². The number of hydrogen-bond donors (Lipinski definition) is 3. The molecule has 16 heavy (non-hydrogen) atoms. The molecule has 0 fully saturated rings. The second-order valence-electron chi connectivity index (χ2n) is 3.28. The lowest BCUT2D eigenvalue weighted by Crippen LogP contribution is -2.26. The predicted octanol–water partition coefficient (Wildman–Crippen LogP) is -0.341. The zero-order valence-electron chi connectivity index (χ0n) is 9.41. The summed E-state index contributed by atoms with van der Waals surface area (Å²) in [5, 5.41) is 2.93. The van der Waals surface area contributed by atoms with Crippen molar-refractivity contribution in [2.45, 2.75) is 11.4 Å². The maximum absolute atomic E-state index is 11.7. The molecule has 3 N–H and O–H groups in total. The van der Waals surface area contributed by atoms with Crippen molar-refractivity contribution in [1.29, 1.82) is 0 Å². The van der Waals surface area contributed by atoms with Gasteiger partial charge in [-0.3, -0.25) is 0 Å². The Morgan fingerprint density at radius 1 is 1.50 bits per heavy atom. The predicted molar refractivity (Wildman–Crippen MR) is 60.6 cm³/mol. The topological polar surface area (TPSA) is 83.2 Å². The van der Waals surface area contributed by atoms with E-state index in [0.717, 1.165) is 5.69 Å². The molecule has 1 aromatic heterocycles. The first-order valence-electron chi connectivity index (χ1n) is 4.90. The Bertz CT molecular complexity index is 413. The molecular weight excluding hydrogens is 230 g/mol. The summed E-state index contributed by atoms with van der Waals surface area (Å²) in [6, 6.07) is 1.60. The molecule has 92 valence electrons. The summed E-state index contributed by atoms with van der Waals surface area (Å²) in [4.78, 5) is 3.13. The van der Waals surface area contributed by atoms with E-state index in [0.29, 0.717) is 13.2 Å². The van der Waals surface area contributed by atoms with Crippen LogP contribution in [0.2, 0.25) is 0 Å². The maximum atomic E-state index is 11.7. The van der Waals surface area contributed by atoms with E-state index in [4.69, 9.17) is 4.74 Å². The van der Waals surface area contributed by atoms with Crippen molar-refractivity contribution in [2.24, 2.45) is 0 Å². The molecule has 0 aromatic carbocycles. The minimum absolute atomic E-state index is 0.244. The van der Waals surface area contributed by atoms with Crippen molar-refractivity contribution in [3.05, 3.63) is 18.0 Å². The summed E-state index contributed by atoms with van der Waals surface area (Å²) in [5.74, 6) is 0. The number of aromatic amines is 1. The van der Waals surface area contributed by atoms with Gasteiger partial charge in [-0.25, -0.2) is 13.1 Å². The van der Waals surface area contributed by atoms with Crippen LogP contribution >= 0.6 is 0 Å². The van der Waals surface area contributed by atoms with Crippen LogP contribution in [0.5, 0.6) is 0 Å². The van der Waals surface area contributed by atoms with Crippen molar-refractivity contribution in [3.63, 3.8) is 0 Å². The minimum Gasteiger partial charge on any atom is -0.383 e. The van der Waals surface area contributed by atoms with Crippen LogP contribution in [0.25, 0.3) is 0 Å². The van der Waals surface area contributed by atoms with Gasteiger partial charge >= 0.3 is 0 Å². The lowest BCUT2D eigenvalue weighted by Gasteiger charge is -2.03. The highest BCUT2D eigenvalue weighted by Gasteiger charge is 2.14. The summed E-state index contributed by atoms with van der Waals surface area (Å²) < 4.78 is 30.6. The number of hydrogen-bond acceptors (Lipinski definition) is 4. The molecule has 0 aliphatic heterocycles. The van der Waals surface area contributed by atoms with E-state index < -0.39 is 10.0 Å². The highest BCUT2D eigenvalue weighted by Crippen LogP contribution is 2.09. The Morgan fingerprint density at radius 2 is 2.25 bits per heavy atom. The first-order valence-corrected chi connectivity index (χ1v) is 6.39. The number of sulfonamides is 1. The van der Waals surface area contributed by atoms with Crippen molar-refractivity contribution < 1.29 is 13.2 Å². The molecule has 0 amide bonds. The molecular formula is C9H17N3O3S. The second-order valence-corrected chi connectivity index (χ2v) is 5.05. The van der Waals surface area contributed by atoms with Crippen LogP contribution in [0.3, 0.4) is 0 Å². The number of nitrogens with one attached hydrogen (secondary N) is 3. The van der Waals surface area contributed by atoms with Gasteiger partial charge in [-0.15, -0.1) is 0 Å². The van der Waals surface area contributed by atoms with Gasteiger partial charge in [0.25, 0.3) is 0 Å². The average molecular weight is 247 g/mol. The molecule has 0 aliphatic carbocycles. The van der Waals surface area contributed by atoms with Crippen LogP contribution in [-0.4, -0.2) is 40.7 Å². The summed E-state index contributed by atoms with van der Waals surface area (Å²) >= 11 is 0. The van der Waals surface area contributed by atoms with Crippen LogP contribution < -0.4 is 10.0 Å². The van der Waals surface area contributed by atoms with Crippen LogP contribution in [0.4, 0.5) is 0 Å². The molecule has 0 aliphatic rings. The van der Waals surface area contributed by atoms with Gasteiger partial charge in [-0.05, 0) is 13.1 Å². The number of rotatable bonds is 7. The lowest BCUT2D eigenvalue weighted by molar-refractivity contribution is 0.204. The Morgan fingerprint density at radius 3 is 2.88 bits per heavy atom. The summed E-state index contributed by atoms with van der Waals surface area (Å²) in [6.45, 7) is 1.23. The summed E-state index contributed by atoms with van der Waals surface area (Å²) in [5.41, 5.74) is 0.828. The molecule has 0 saturated carbocycles. The van der Waals surface area contributed by atoms with Gasteiger partial charge in [0.05, 0.1) is 11.5 Å². The fourth-order valence-corrected chi connectivity index (χ4v) is 2.26. The number of aromatic nitrogens is 1. The molecule has 6 nitrogen and oxygen atoms in total. The third-order valence-corrected chi connectivity index (χ3v) is 3.43. The van der Waals surface area contributed by atoms with Gasteiger partial charge in [0.2, 0.25) is 10.0 Å². The van der Waals surface area contributed by atoms with E-state index in [9.17, 15) is 8.42 Å². The maximum Gasteiger partial charge on any atom is 0.242 e. The highest BCUT2D eigenvalue weighted by molar-refractivity contribution is 7.89. The first kappa shape index (κ1) is 13.2. The molecule has 1 heterocycles. The fourth-order valence-electron chi connectivity index (χ4n) is 1.23. The van der Waals surface area contributed by atoms with Crippen molar-refractivity contribution in [3.8, 4) is 0 Å². The average Bonchev–Trinajstić information content (AvgIpc) is 2.68. The van der Waals surface area contributed by atoms with Gasteiger partial charge in [0.1, 0.15) is 0 Å². The number of H-pyrrole nitrogens is 1. The minimum atomic E-state index is -3.42. The monoisotopic (exact) mass is 247 g/mol. The third-order valence-electron chi connectivity index (χ3n) is 1.99. The summed E-state index contributed by atoms with van der Waals surface area (Å²) in [7, 11) is -0.0981. The Labute approximate surface area is 95.4 Å². The fraction of sp³-hybridized carbons (Fsp3) is 0.556. The van der Waals surface area contributed by atoms with Crippen molar-refractivity contribution in [1.82, 2.24) is 15.0 Å². The van der Waals surface area contributed by atoms with E-state index in [1.807, 2.05) is 0 Å². The van der Waals surface area contributed by atoms with Crippen LogP contribution in [0.15, 0.2) is 17.2 Å². The van der Waals surface area contributed by atoms with Crippen molar-refractivity contribution in [2.75, 3.05) is 27.3 Å². The normalized spacial score (nSPS) is 11.9. The van der Waals surface area contributed by atoms with Crippen molar-refractivity contribution >= 4 is 10.0 Å². The molecule has 0 bridgehead atoms. The smallest absolute Gasteiger partial charge is 0.242 e. The highest BCUT2D eigenvalue weighted by atomic mass is 32.2. The molecule has 0 spiro atoms. The SMILES string of the molecule is CNCc1cc(S(=O)(=O)NCCOC)c[nH]1. The zero-order chi connectivity index (χ0) is 12.0. The lowest BCUT2D eigenvalue weighted by atomic mass is 10.4. The van der Waals surface area contributed by atoms with Gasteiger partial charge < -0.3 is 15.0 Å². The molecule has 0 unspecified atom stereocenters. The van der Waals surface area contributed by atoms with Gasteiger partial charge in [0, 0.05) is 32.1 Å². The molecule has 1 aromatic rings. The number of methoxy groups -OCH3 is 1. The van der Waals surface area contributed by atoms with E-state index in [-0.39, 0.29) is 11.4 Å². The van der Waals surface area contributed by atoms with Crippen LogP contribution in [-0.2, 0) is 21.3 Å². The van der Waals surface area contributed by atoms with E-state index in [2.05, 4.69) is 15.0 Å². The second kappa shape index (κ2) is 6.00. The Kier molecular flexibility index (Phi) is 4.94. The zero-order valence-corrected chi connectivity index (χ0v) is 10.2. The largest absolute Gasteiger partial charge is 0.383 e. The Hall–Kier alpha value is -0.890. The first-order chi connectivity index (χ1) is 7.60. The molecule has 0 radical (unpaired) electrons. The molecule has 0 atom stereocenters. The van der Waals surface area contributed by atoms with Gasteiger partial charge in [-0.1, -0.05) is 0 Å². The van der Waals surface area contributed by atoms with Gasteiger partial charge in [-0.2, -0.15) is 0 Å². The number of ether oxygens (including phenoxy) is 1. The van der Waals surface area contributed by atoms with E-state index in [1.165, 1.54) is 13.3 Å².